The molecule has 138 valence electrons. The number of aromatic nitrogens is 2. The highest BCUT2D eigenvalue weighted by atomic mass is 35.5. The Morgan fingerprint density at radius 2 is 1.92 bits per heavy atom. The zero-order valence-corrected chi connectivity index (χ0v) is 16.0. The molecule has 1 aromatic heterocycles. The first-order chi connectivity index (χ1) is 12.5. The molecule has 7 heteroatoms. The largest absolute Gasteiger partial charge is 0.338 e. The minimum absolute atomic E-state index is 0.00187. The molecule has 2 heterocycles. The Kier molecular flexibility index (Phi) is 4.93. The SMILES string of the molecule is O=C(Cn1cnc2c(Cl)cc(Cl)cc2c1=O)N1CCCC2CCCCC21. The highest BCUT2D eigenvalue weighted by molar-refractivity contribution is 6.38. The lowest BCUT2D eigenvalue weighted by molar-refractivity contribution is -0.138. The number of hydrogen-bond acceptors (Lipinski definition) is 3. The van der Waals surface area contributed by atoms with Crippen LogP contribution in [0.5, 0.6) is 0 Å². The molecule has 2 aromatic rings. The summed E-state index contributed by atoms with van der Waals surface area (Å²) in [7, 11) is 0. The number of amides is 1. The van der Waals surface area contributed by atoms with Gasteiger partial charge in [0.1, 0.15) is 6.54 Å². The number of halogens is 2. The second kappa shape index (κ2) is 7.20. The number of likely N-dealkylation sites (tertiary alicyclic amines) is 1. The Bertz CT molecular complexity index is 910. The first-order valence-corrected chi connectivity index (χ1v) is 9.94. The average Bonchev–Trinajstić information content (AvgIpc) is 2.64. The maximum atomic E-state index is 12.9. The summed E-state index contributed by atoms with van der Waals surface area (Å²) in [6.07, 6.45) is 8.39. The van der Waals surface area contributed by atoms with Crippen molar-refractivity contribution in [3.8, 4) is 0 Å². The van der Waals surface area contributed by atoms with E-state index in [1.54, 1.807) is 12.1 Å². The molecule has 4 rings (SSSR count). The summed E-state index contributed by atoms with van der Waals surface area (Å²) in [4.78, 5) is 32.0. The molecule has 5 nitrogen and oxygen atoms in total. The Hall–Kier alpha value is -1.59. The fourth-order valence-electron chi connectivity index (χ4n) is 4.48. The minimum Gasteiger partial charge on any atom is -0.338 e. The van der Waals surface area contributed by atoms with Crippen LogP contribution < -0.4 is 5.56 Å². The molecule has 26 heavy (non-hydrogen) atoms. The van der Waals surface area contributed by atoms with Gasteiger partial charge >= 0.3 is 0 Å². The van der Waals surface area contributed by atoms with Gasteiger partial charge in [0.25, 0.3) is 5.56 Å². The van der Waals surface area contributed by atoms with Crippen LogP contribution in [0.25, 0.3) is 10.9 Å². The summed E-state index contributed by atoms with van der Waals surface area (Å²) in [6.45, 7) is 0.794. The van der Waals surface area contributed by atoms with E-state index in [0.29, 0.717) is 32.9 Å². The number of rotatable bonds is 2. The molecule has 2 fully saturated rings. The Morgan fingerprint density at radius 1 is 1.15 bits per heavy atom. The van der Waals surface area contributed by atoms with Crippen molar-refractivity contribution in [3.05, 3.63) is 38.9 Å². The van der Waals surface area contributed by atoms with Gasteiger partial charge in [0.15, 0.2) is 0 Å². The number of benzene rings is 1. The lowest BCUT2D eigenvalue weighted by Crippen LogP contribution is -2.51. The smallest absolute Gasteiger partial charge is 0.261 e. The van der Waals surface area contributed by atoms with Gasteiger partial charge in [-0.2, -0.15) is 0 Å². The summed E-state index contributed by atoms with van der Waals surface area (Å²) >= 11 is 12.1. The summed E-state index contributed by atoms with van der Waals surface area (Å²) in [5.41, 5.74) is 0.125. The molecule has 1 aromatic carbocycles. The molecular formula is C19H21Cl2N3O2. The van der Waals surface area contributed by atoms with Crippen molar-refractivity contribution in [2.75, 3.05) is 6.54 Å². The molecule has 1 amide bonds. The van der Waals surface area contributed by atoms with Crippen molar-refractivity contribution in [2.24, 2.45) is 5.92 Å². The first kappa shape index (κ1) is 17.8. The number of carbonyl (C=O) groups is 1. The molecule has 1 saturated heterocycles. The third-order valence-electron chi connectivity index (χ3n) is 5.71. The van der Waals surface area contributed by atoms with Crippen LogP contribution >= 0.6 is 23.2 Å². The van der Waals surface area contributed by atoms with Crippen LogP contribution in [0.15, 0.2) is 23.3 Å². The van der Waals surface area contributed by atoms with Gasteiger partial charge in [0.2, 0.25) is 5.91 Å². The fraction of sp³-hybridized carbons (Fsp3) is 0.526. The molecule has 2 atom stereocenters. The highest BCUT2D eigenvalue weighted by Gasteiger charge is 2.35. The Morgan fingerprint density at radius 3 is 2.77 bits per heavy atom. The van der Waals surface area contributed by atoms with Crippen molar-refractivity contribution < 1.29 is 4.79 Å². The number of piperidine rings is 1. The fourth-order valence-corrected chi connectivity index (χ4v) is 5.02. The molecule has 1 aliphatic carbocycles. The van der Waals surface area contributed by atoms with Crippen molar-refractivity contribution in [1.29, 1.82) is 0 Å². The zero-order chi connectivity index (χ0) is 18.3. The number of fused-ring (bicyclic) bond motifs is 2. The van der Waals surface area contributed by atoms with E-state index in [-0.39, 0.29) is 18.0 Å². The average molecular weight is 394 g/mol. The molecule has 2 unspecified atom stereocenters. The van der Waals surface area contributed by atoms with Crippen LogP contribution in [0.3, 0.4) is 0 Å². The molecule has 0 radical (unpaired) electrons. The van der Waals surface area contributed by atoms with E-state index in [0.717, 1.165) is 19.4 Å². The molecule has 2 aliphatic rings. The minimum atomic E-state index is -0.287. The topological polar surface area (TPSA) is 55.2 Å². The molecule has 1 aliphatic heterocycles. The highest BCUT2D eigenvalue weighted by Crippen LogP contribution is 2.35. The van der Waals surface area contributed by atoms with Crippen LogP contribution in [-0.4, -0.2) is 32.9 Å². The molecule has 1 saturated carbocycles. The van der Waals surface area contributed by atoms with E-state index in [9.17, 15) is 9.59 Å². The van der Waals surface area contributed by atoms with Crippen LogP contribution in [0.2, 0.25) is 10.0 Å². The molecule has 0 N–H and O–H groups in total. The van der Waals surface area contributed by atoms with Gasteiger partial charge in [0.05, 0.1) is 22.3 Å². The van der Waals surface area contributed by atoms with Crippen molar-refractivity contribution in [3.63, 3.8) is 0 Å². The van der Waals surface area contributed by atoms with Crippen molar-refractivity contribution in [2.45, 2.75) is 51.1 Å². The van der Waals surface area contributed by atoms with Gasteiger partial charge in [-0.3, -0.25) is 14.2 Å². The van der Waals surface area contributed by atoms with Gasteiger partial charge in [-0.25, -0.2) is 4.98 Å². The molecule has 0 bridgehead atoms. The van der Waals surface area contributed by atoms with E-state index >= 15 is 0 Å². The van der Waals surface area contributed by atoms with Crippen LogP contribution in [0.4, 0.5) is 0 Å². The predicted molar refractivity (Wildman–Crippen MR) is 103 cm³/mol. The van der Waals surface area contributed by atoms with Crippen molar-refractivity contribution >= 4 is 40.0 Å². The number of nitrogens with zero attached hydrogens (tertiary/aromatic N) is 3. The third kappa shape index (κ3) is 3.23. The predicted octanol–water partition coefficient (Wildman–Crippen LogP) is 3.88. The molecule has 0 spiro atoms. The second-order valence-electron chi connectivity index (χ2n) is 7.30. The summed E-state index contributed by atoms with van der Waals surface area (Å²) in [5.74, 6) is 0.614. The van der Waals surface area contributed by atoms with Crippen LogP contribution in [-0.2, 0) is 11.3 Å². The van der Waals surface area contributed by atoms with Crippen LogP contribution in [0.1, 0.15) is 38.5 Å². The standard InChI is InChI=1S/C19H21Cl2N3O2/c20-13-8-14-18(15(21)9-13)22-11-23(19(14)26)10-17(25)24-7-3-5-12-4-1-2-6-16(12)24/h8-9,11-12,16H,1-7,10H2. The quantitative estimate of drug-likeness (QED) is 0.777. The summed E-state index contributed by atoms with van der Waals surface area (Å²) in [5, 5.41) is 1.06. The summed E-state index contributed by atoms with van der Waals surface area (Å²) in [6, 6.07) is 3.44. The second-order valence-corrected chi connectivity index (χ2v) is 8.15. The Balaban J connectivity index is 1.61. The van der Waals surface area contributed by atoms with Crippen LogP contribution in [0, 0.1) is 5.92 Å². The third-order valence-corrected chi connectivity index (χ3v) is 6.22. The number of carbonyl (C=O) groups excluding carboxylic acids is 1. The maximum absolute atomic E-state index is 12.9. The van der Waals surface area contributed by atoms with E-state index < -0.39 is 0 Å². The molecular weight excluding hydrogens is 373 g/mol. The Labute approximate surface area is 161 Å². The lowest BCUT2D eigenvalue weighted by atomic mass is 9.78. The number of hydrogen-bond donors (Lipinski definition) is 0. The monoisotopic (exact) mass is 393 g/mol. The van der Waals surface area contributed by atoms with E-state index in [4.69, 9.17) is 23.2 Å². The first-order valence-electron chi connectivity index (χ1n) is 9.18. The maximum Gasteiger partial charge on any atom is 0.261 e. The van der Waals surface area contributed by atoms with E-state index in [1.807, 2.05) is 4.90 Å². The lowest BCUT2D eigenvalue weighted by Gasteiger charge is -2.44. The van der Waals surface area contributed by atoms with Gasteiger partial charge in [-0.05, 0) is 43.7 Å². The van der Waals surface area contributed by atoms with E-state index in [1.165, 1.54) is 36.6 Å². The van der Waals surface area contributed by atoms with Gasteiger partial charge < -0.3 is 4.90 Å². The summed E-state index contributed by atoms with van der Waals surface area (Å²) < 4.78 is 1.36. The van der Waals surface area contributed by atoms with Gasteiger partial charge in [0, 0.05) is 17.6 Å². The van der Waals surface area contributed by atoms with Crippen molar-refractivity contribution in [1.82, 2.24) is 14.5 Å². The zero-order valence-electron chi connectivity index (χ0n) is 14.5. The normalized spacial score (nSPS) is 23.1. The van der Waals surface area contributed by atoms with E-state index in [2.05, 4.69) is 4.98 Å². The van der Waals surface area contributed by atoms with Gasteiger partial charge in [-0.15, -0.1) is 0 Å². The van der Waals surface area contributed by atoms with Gasteiger partial charge in [-0.1, -0.05) is 36.0 Å².